The van der Waals surface area contributed by atoms with Crippen molar-refractivity contribution in [2.24, 2.45) is 0 Å². The lowest BCUT2D eigenvalue weighted by Crippen LogP contribution is -2.16. The number of hydrogen-bond acceptors (Lipinski definition) is 3. The van der Waals surface area contributed by atoms with E-state index >= 15 is 0 Å². The molecule has 9 rings (SSSR count). The number of benzene rings is 7. The SMILES string of the molecule is CC1(C)c2ccccc2-c2ccc3cccc(-c4nc(-c5ccc(-c6ccccc6)cc5)nc(-c5cccc(-c6ccccc6)c5)n4)c3c21. The van der Waals surface area contributed by atoms with Gasteiger partial charge in [-0.25, -0.2) is 15.0 Å². The smallest absolute Gasteiger partial charge is 0.164 e. The van der Waals surface area contributed by atoms with E-state index in [0.29, 0.717) is 17.5 Å². The van der Waals surface area contributed by atoms with Crippen molar-refractivity contribution in [2.75, 3.05) is 0 Å². The van der Waals surface area contributed by atoms with Gasteiger partial charge in [-0.1, -0.05) is 172 Å². The lowest BCUT2D eigenvalue weighted by Gasteiger charge is -2.24. The van der Waals surface area contributed by atoms with Gasteiger partial charge >= 0.3 is 0 Å². The number of fused-ring (bicyclic) bond motifs is 5. The molecule has 1 aromatic heterocycles. The summed E-state index contributed by atoms with van der Waals surface area (Å²) >= 11 is 0. The molecule has 0 atom stereocenters. The van der Waals surface area contributed by atoms with Gasteiger partial charge in [-0.05, 0) is 61.3 Å². The lowest BCUT2D eigenvalue weighted by atomic mass is 9.79. The van der Waals surface area contributed by atoms with E-state index < -0.39 is 0 Å². The molecule has 1 heterocycles. The number of rotatable bonds is 5. The van der Waals surface area contributed by atoms with Crippen molar-refractivity contribution in [3.63, 3.8) is 0 Å². The van der Waals surface area contributed by atoms with E-state index in [0.717, 1.165) is 33.4 Å². The highest BCUT2D eigenvalue weighted by molar-refractivity contribution is 6.04. The molecule has 0 saturated carbocycles. The van der Waals surface area contributed by atoms with Crippen LogP contribution < -0.4 is 0 Å². The molecular formula is C46H33N3. The summed E-state index contributed by atoms with van der Waals surface area (Å²) in [5.74, 6) is 1.97. The van der Waals surface area contributed by atoms with Crippen LogP contribution in [0.15, 0.2) is 164 Å². The lowest BCUT2D eigenvalue weighted by molar-refractivity contribution is 0.666. The second-order valence-corrected chi connectivity index (χ2v) is 13.3. The van der Waals surface area contributed by atoms with Crippen LogP contribution in [0.4, 0.5) is 0 Å². The predicted octanol–water partition coefficient (Wildman–Crippen LogP) is 11.7. The summed E-state index contributed by atoms with van der Waals surface area (Å²) in [5.41, 5.74) is 12.6. The largest absolute Gasteiger partial charge is 0.208 e. The first-order chi connectivity index (χ1) is 24.0. The standard InChI is InChI=1S/C46H33N3/c1-46(2)40-22-10-9-20-37(40)38-28-27-33-17-12-21-39(41(33)42(38)46)45-48-43(34-25-23-32(24-26-34)30-13-5-3-6-14-30)47-44(49-45)36-19-11-18-35(29-36)31-15-7-4-8-16-31/h3-29H,1-2H3. The van der Waals surface area contributed by atoms with Crippen molar-refractivity contribution in [3.8, 4) is 67.5 Å². The summed E-state index contributed by atoms with van der Waals surface area (Å²) in [6.07, 6.45) is 0. The third-order valence-corrected chi connectivity index (χ3v) is 9.92. The van der Waals surface area contributed by atoms with Crippen molar-refractivity contribution in [2.45, 2.75) is 19.3 Å². The average molecular weight is 628 g/mol. The van der Waals surface area contributed by atoms with E-state index in [4.69, 9.17) is 15.0 Å². The zero-order valence-electron chi connectivity index (χ0n) is 27.4. The summed E-state index contributed by atoms with van der Waals surface area (Å²) < 4.78 is 0. The molecule has 8 aromatic rings. The average Bonchev–Trinajstić information content (AvgIpc) is 3.41. The summed E-state index contributed by atoms with van der Waals surface area (Å²) in [5, 5.41) is 2.38. The van der Waals surface area contributed by atoms with E-state index in [2.05, 4.69) is 166 Å². The predicted molar refractivity (Wildman–Crippen MR) is 202 cm³/mol. The summed E-state index contributed by atoms with van der Waals surface area (Å²) in [6, 6.07) is 57.7. The molecule has 0 fully saturated rings. The van der Waals surface area contributed by atoms with Crippen molar-refractivity contribution in [1.29, 1.82) is 0 Å². The van der Waals surface area contributed by atoms with Gasteiger partial charge in [-0.3, -0.25) is 0 Å². The van der Waals surface area contributed by atoms with Crippen LogP contribution in [0.1, 0.15) is 25.0 Å². The zero-order valence-corrected chi connectivity index (χ0v) is 27.4. The maximum atomic E-state index is 5.25. The quantitative estimate of drug-likeness (QED) is 0.191. The maximum Gasteiger partial charge on any atom is 0.164 e. The monoisotopic (exact) mass is 627 g/mol. The van der Waals surface area contributed by atoms with Crippen LogP contribution in [-0.2, 0) is 5.41 Å². The van der Waals surface area contributed by atoms with Crippen molar-refractivity contribution in [3.05, 3.63) is 175 Å². The van der Waals surface area contributed by atoms with Gasteiger partial charge < -0.3 is 0 Å². The maximum absolute atomic E-state index is 5.25. The molecular weight excluding hydrogens is 595 g/mol. The van der Waals surface area contributed by atoms with E-state index in [1.165, 1.54) is 38.6 Å². The van der Waals surface area contributed by atoms with Gasteiger partial charge in [-0.15, -0.1) is 0 Å². The van der Waals surface area contributed by atoms with Gasteiger partial charge in [0.1, 0.15) is 0 Å². The molecule has 0 bridgehead atoms. The second kappa shape index (κ2) is 11.5. The molecule has 0 saturated heterocycles. The van der Waals surface area contributed by atoms with Gasteiger partial charge in [0.2, 0.25) is 0 Å². The first-order valence-electron chi connectivity index (χ1n) is 16.8. The molecule has 3 nitrogen and oxygen atoms in total. The first-order valence-corrected chi connectivity index (χ1v) is 16.8. The van der Waals surface area contributed by atoms with Gasteiger partial charge in [0.15, 0.2) is 17.5 Å². The Bertz CT molecular complexity index is 2500. The molecule has 1 aliphatic carbocycles. The number of hydrogen-bond donors (Lipinski definition) is 0. The van der Waals surface area contributed by atoms with Crippen molar-refractivity contribution in [1.82, 2.24) is 15.0 Å². The van der Waals surface area contributed by atoms with Gasteiger partial charge in [0.25, 0.3) is 0 Å². The third-order valence-electron chi connectivity index (χ3n) is 9.92. The molecule has 0 radical (unpaired) electrons. The Labute approximate surface area is 286 Å². The Morgan fingerprint density at radius 3 is 1.65 bits per heavy atom. The molecule has 1 aliphatic rings. The van der Waals surface area contributed by atoms with Crippen molar-refractivity contribution < 1.29 is 0 Å². The molecule has 0 aliphatic heterocycles. The summed E-state index contributed by atoms with van der Waals surface area (Å²) in [4.78, 5) is 15.6. The number of aromatic nitrogens is 3. The van der Waals surface area contributed by atoms with Crippen LogP contribution in [0.2, 0.25) is 0 Å². The zero-order chi connectivity index (χ0) is 33.0. The number of nitrogens with zero attached hydrogens (tertiary/aromatic N) is 3. The van der Waals surface area contributed by atoms with Crippen LogP contribution in [0.5, 0.6) is 0 Å². The van der Waals surface area contributed by atoms with Crippen LogP contribution in [0.3, 0.4) is 0 Å². The van der Waals surface area contributed by atoms with E-state index in [-0.39, 0.29) is 5.41 Å². The first kappa shape index (κ1) is 29.0. The van der Waals surface area contributed by atoms with Crippen LogP contribution >= 0.6 is 0 Å². The third kappa shape index (κ3) is 4.94. The molecule has 0 spiro atoms. The van der Waals surface area contributed by atoms with Crippen LogP contribution in [0, 0.1) is 0 Å². The highest BCUT2D eigenvalue weighted by atomic mass is 15.0. The Kier molecular flexibility index (Phi) is 6.80. The van der Waals surface area contributed by atoms with E-state index in [1.807, 2.05) is 12.1 Å². The molecule has 7 aromatic carbocycles. The molecule has 0 amide bonds. The van der Waals surface area contributed by atoms with E-state index in [1.54, 1.807) is 0 Å². The highest BCUT2D eigenvalue weighted by Gasteiger charge is 2.37. The topological polar surface area (TPSA) is 38.7 Å². The summed E-state index contributed by atoms with van der Waals surface area (Å²) in [6.45, 7) is 4.67. The van der Waals surface area contributed by atoms with Crippen molar-refractivity contribution >= 4 is 10.8 Å². The fourth-order valence-electron chi connectivity index (χ4n) is 7.50. The second-order valence-electron chi connectivity index (χ2n) is 13.3. The Morgan fingerprint density at radius 1 is 0.367 bits per heavy atom. The van der Waals surface area contributed by atoms with Crippen LogP contribution in [-0.4, -0.2) is 15.0 Å². The Balaban J connectivity index is 1.26. The highest BCUT2D eigenvalue weighted by Crippen LogP contribution is 2.52. The van der Waals surface area contributed by atoms with Gasteiger partial charge in [0.05, 0.1) is 0 Å². The minimum Gasteiger partial charge on any atom is -0.208 e. The summed E-state index contributed by atoms with van der Waals surface area (Å²) in [7, 11) is 0. The van der Waals surface area contributed by atoms with E-state index in [9.17, 15) is 0 Å². The fraction of sp³-hybridized carbons (Fsp3) is 0.0652. The molecule has 0 N–H and O–H groups in total. The molecule has 232 valence electrons. The molecule has 0 unspecified atom stereocenters. The molecule has 49 heavy (non-hydrogen) atoms. The Hall–Kier alpha value is -6.19. The van der Waals surface area contributed by atoms with Gasteiger partial charge in [-0.2, -0.15) is 0 Å². The normalized spacial score (nSPS) is 12.9. The minimum absolute atomic E-state index is 0.183. The fourth-order valence-corrected chi connectivity index (χ4v) is 7.50. The molecule has 3 heteroatoms. The minimum atomic E-state index is -0.183. The van der Waals surface area contributed by atoms with Gasteiger partial charge in [0, 0.05) is 22.1 Å². The Morgan fingerprint density at radius 2 is 0.898 bits per heavy atom. The van der Waals surface area contributed by atoms with Crippen LogP contribution in [0.25, 0.3) is 78.3 Å².